The van der Waals surface area contributed by atoms with E-state index in [0.29, 0.717) is 75.2 Å². The van der Waals surface area contributed by atoms with Gasteiger partial charge in [0.05, 0.1) is 25.6 Å². The van der Waals surface area contributed by atoms with Crippen molar-refractivity contribution in [1.29, 1.82) is 0 Å². The Labute approximate surface area is 275 Å². The number of nitrogens with one attached hydrogen (secondary N) is 2. The topological polar surface area (TPSA) is 149 Å². The van der Waals surface area contributed by atoms with Crippen LogP contribution in [-0.2, 0) is 15.8 Å². The molecule has 2 saturated heterocycles. The monoisotopic (exact) mass is 672 g/mol. The lowest BCUT2D eigenvalue weighted by Crippen LogP contribution is -2.39. The van der Waals surface area contributed by atoms with Crippen LogP contribution in [0.25, 0.3) is 0 Å². The maximum atomic E-state index is 14.1. The number of anilines is 4. The van der Waals surface area contributed by atoms with Gasteiger partial charge in [0.1, 0.15) is 36.1 Å². The Balaban J connectivity index is 1.34. The van der Waals surface area contributed by atoms with Crippen molar-refractivity contribution in [1.82, 2.24) is 19.8 Å². The molecular weight excluding hydrogens is 633 g/mol. The van der Waals surface area contributed by atoms with Gasteiger partial charge >= 0.3 is 6.18 Å². The Kier molecular flexibility index (Phi) is 10.9. The van der Waals surface area contributed by atoms with Crippen LogP contribution in [0.15, 0.2) is 42.6 Å². The molecule has 0 atom stereocenters. The molecule has 48 heavy (non-hydrogen) atoms. The number of halogens is 3. The van der Waals surface area contributed by atoms with Gasteiger partial charge in [-0.1, -0.05) is 12.1 Å². The highest BCUT2D eigenvalue weighted by Gasteiger charge is 2.36. The van der Waals surface area contributed by atoms with Crippen LogP contribution in [0, 0.1) is 0 Å². The fourth-order valence-electron chi connectivity index (χ4n) is 6.25. The summed E-state index contributed by atoms with van der Waals surface area (Å²) >= 11 is 0. The SMILES string of the molecule is COc1cc(C2CCN(C(=O)CO)CC2)ccc1Nc1ncc(C(F)(F)F)c(Nc2ccc(C3CCN(C(=O)CO)CC3)cc2OC)n1. The molecule has 2 aliphatic heterocycles. The van der Waals surface area contributed by atoms with E-state index in [0.717, 1.165) is 11.1 Å². The molecule has 0 aliphatic carbocycles. The first-order valence-electron chi connectivity index (χ1n) is 15.7. The van der Waals surface area contributed by atoms with Crippen LogP contribution in [0.1, 0.15) is 54.2 Å². The highest BCUT2D eigenvalue weighted by atomic mass is 19.4. The maximum absolute atomic E-state index is 14.1. The number of alkyl halides is 3. The molecule has 258 valence electrons. The van der Waals surface area contributed by atoms with Crippen molar-refractivity contribution in [3.05, 3.63) is 59.3 Å². The number of aromatic nitrogens is 2. The third-order valence-corrected chi connectivity index (χ3v) is 8.95. The zero-order chi connectivity index (χ0) is 34.4. The van der Waals surface area contributed by atoms with Crippen molar-refractivity contribution in [2.24, 2.45) is 0 Å². The Morgan fingerprint density at radius 2 is 1.27 bits per heavy atom. The number of carbonyl (C=O) groups excluding carboxylic acids is 2. The number of methoxy groups -OCH3 is 2. The van der Waals surface area contributed by atoms with Gasteiger partial charge in [-0.15, -0.1) is 0 Å². The number of likely N-dealkylation sites (tertiary alicyclic amines) is 2. The summed E-state index contributed by atoms with van der Waals surface area (Å²) in [6.07, 6.45) is -1.25. The first kappa shape index (κ1) is 34.7. The molecule has 4 N–H and O–H groups in total. The van der Waals surface area contributed by atoms with Gasteiger partial charge in [0, 0.05) is 32.4 Å². The quantitative estimate of drug-likeness (QED) is 0.244. The third kappa shape index (κ3) is 7.90. The number of hydrogen-bond donors (Lipinski definition) is 4. The van der Waals surface area contributed by atoms with Crippen molar-refractivity contribution >= 4 is 35.0 Å². The molecule has 0 bridgehead atoms. The molecular formula is C33H39F3N6O6. The van der Waals surface area contributed by atoms with Crippen molar-refractivity contribution in [3.63, 3.8) is 0 Å². The molecule has 3 aromatic rings. The zero-order valence-corrected chi connectivity index (χ0v) is 26.7. The minimum atomic E-state index is -4.75. The molecule has 0 saturated carbocycles. The predicted octanol–water partition coefficient (Wildman–Crippen LogP) is 4.40. The van der Waals surface area contributed by atoms with Crippen molar-refractivity contribution in [2.45, 2.75) is 43.7 Å². The number of rotatable bonds is 10. The van der Waals surface area contributed by atoms with Gasteiger partial charge in [0.25, 0.3) is 0 Å². The first-order chi connectivity index (χ1) is 23.0. The van der Waals surface area contributed by atoms with E-state index in [2.05, 4.69) is 20.6 Å². The maximum Gasteiger partial charge on any atom is 0.421 e. The van der Waals surface area contributed by atoms with Crippen LogP contribution in [0.5, 0.6) is 11.5 Å². The standard InChI is InChI=1S/C33H39F3N6O6/c1-47-27-15-22(20-7-11-41(12-8-20)29(45)18-43)3-5-25(27)38-31-24(33(34,35)36)17-37-32(40-31)39-26-6-4-23(16-28(26)48-2)21-9-13-42(14-10-21)30(46)19-44/h3-6,15-17,20-21,43-44H,7-14,18-19H2,1-2H3,(H2,37,38,39,40). The summed E-state index contributed by atoms with van der Waals surface area (Å²) in [5, 5.41) is 24.0. The number of piperidine rings is 2. The highest BCUT2D eigenvalue weighted by molar-refractivity contribution is 5.77. The van der Waals surface area contributed by atoms with E-state index in [4.69, 9.17) is 19.7 Å². The van der Waals surface area contributed by atoms with Gasteiger partial charge in [-0.05, 0) is 72.9 Å². The summed E-state index contributed by atoms with van der Waals surface area (Å²) in [5.41, 5.74) is 1.58. The summed E-state index contributed by atoms with van der Waals surface area (Å²) in [7, 11) is 2.92. The van der Waals surface area contributed by atoms with E-state index in [1.807, 2.05) is 18.2 Å². The lowest BCUT2D eigenvalue weighted by atomic mass is 9.89. The largest absolute Gasteiger partial charge is 0.495 e. The van der Waals surface area contributed by atoms with Crippen LogP contribution in [-0.4, -0.2) is 95.4 Å². The van der Waals surface area contributed by atoms with Crippen molar-refractivity contribution < 1.29 is 42.4 Å². The smallest absolute Gasteiger partial charge is 0.421 e. The molecule has 15 heteroatoms. The van der Waals surface area contributed by atoms with Crippen LogP contribution in [0.4, 0.5) is 36.3 Å². The molecule has 2 fully saturated rings. The summed E-state index contributed by atoms with van der Waals surface area (Å²) in [5.74, 6) is -0.119. The average Bonchev–Trinajstić information content (AvgIpc) is 3.11. The fraction of sp³-hybridized carbons (Fsp3) is 0.455. The van der Waals surface area contributed by atoms with E-state index in [9.17, 15) is 22.8 Å². The summed E-state index contributed by atoms with van der Waals surface area (Å²) in [6.45, 7) is 1.01. The Hall–Kier alpha value is -4.63. The van der Waals surface area contributed by atoms with Gasteiger partial charge in [-0.25, -0.2) is 4.98 Å². The van der Waals surface area contributed by atoms with E-state index >= 15 is 0 Å². The molecule has 5 rings (SSSR count). The van der Waals surface area contributed by atoms with Crippen LogP contribution < -0.4 is 20.1 Å². The van der Waals surface area contributed by atoms with Gasteiger partial charge in [-0.2, -0.15) is 18.2 Å². The van der Waals surface area contributed by atoms with Gasteiger partial charge in [-0.3, -0.25) is 9.59 Å². The van der Waals surface area contributed by atoms with E-state index < -0.39 is 30.8 Å². The second kappa shape index (κ2) is 15.1. The number of ether oxygens (including phenoxy) is 2. The lowest BCUT2D eigenvalue weighted by Gasteiger charge is -2.32. The number of hydrogen-bond acceptors (Lipinski definition) is 10. The molecule has 0 unspecified atom stereocenters. The number of amides is 2. The molecule has 2 aromatic carbocycles. The third-order valence-electron chi connectivity index (χ3n) is 8.95. The first-order valence-corrected chi connectivity index (χ1v) is 15.7. The average molecular weight is 673 g/mol. The van der Waals surface area contributed by atoms with Crippen molar-refractivity contribution in [3.8, 4) is 11.5 Å². The molecule has 2 aliphatic rings. The molecule has 3 heterocycles. The Morgan fingerprint density at radius 3 is 1.69 bits per heavy atom. The predicted molar refractivity (Wildman–Crippen MR) is 171 cm³/mol. The number of nitrogens with zero attached hydrogens (tertiary/aromatic N) is 4. The van der Waals surface area contributed by atoms with Gasteiger partial charge < -0.3 is 40.1 Å². The van der Waals surface area contributed by atoms with E-state index in [-0.39, 0.29) is 35.3 Å². The minimum Gasteiger partial charge on any atom is -0.495 e. The molecule has 0 radical (unpaired) electrons. The number of carbonyl (C=O) groups is 2. The normalized spacial score (nSPS) is 16.1. The Morgan fingerprint density at radius 1 is 0.812 bits per heavy atom. The van der Waals surface area contributed by atoms with Gasteiger partial charge in [0.15, 0.2) is 0 Å². The van der Waals surface area contributed by atoms with Gasteiger partial charge in [0.2, 0.25) is 17.8 Å². The van der Waals surface area contributed by atoms with Crippen LogP contribution in [0.3, 0.4) is 0 Å². The Bertz CT molecular complexity index is 1610. The van der Waals surface area contributed by atoms with E-state index in [1.165, 1.54) is 14.2 Å². The molecule has 2 amide bonds. The molecule has 1 aromatic heterocycles. The summed E-state index contributed by atoms with van der Waals surface area (Å²) < 4.78 is 53.3. The molecule has 12 nitrogen and oxygen atoms in total. The second-order valence-corrected chi connectivity index (χ2v) is 11.7. The summed E-state index contributed by atoms with van der Waals surface area (Å²) in [6, 6.07) is 10.7. The second-order valence-electron chi connectivity index (χ2n) is 11.7. The number of aliphatic hydroxyl groups is 2. The van der Waals surface area contributed by atoms with Crippen LogP contribution in [0.2, 0.25) is 0 Å². The summed E-state index contributed by atoms with van der Waals surface area (Å²) in [4.78, 5) is 35.0. The fourth-order valence-corrected chi connectivity index (χ4v) is 6.25. The zero-order valence-electron chi connectivity index (χ0n) is 26.7. The minimum absolute atomic E-state index is 0.0906. The van der Waals surface area contributed by atoms with Crippen LogP contribution >= 0.6 is 0 Å². The molecule has 0 spiro atoms. The van der Waals surface area contributed by atoms with E-state index in [1.54, 1.807) is 28.0 Å². The van der Waals surface area contributed by atoms with Crippen molar-refractivity contribution in [2.75, 3.05) is 64.2 Å². The highest BCUT2D eigenvalue weighted by Crippen LogP contribution is 2.40. The number of aliphatic hydroxyl groups excluding tert-OH is 2. The lowest BCUT2D eigenvalue weighted by molar-refractivity contribution is -0.137. The number of benzene rings is 2.